The van der Waals surface area contributed by atoms with Crippen LogP contribution >= 0.6 is 11.6 Å². The van der Waals surface area contributed by atoms with E-state index in [9.17, 15) is 14.4 Å². The Labute approximate surface area is 174 Å². The molecule has 10 heteroatoms. The number of halogens is 1. The highest BCUT2D eigenvalue weighted by Gasteiger charge is 2.28. The molecule has 0 saturated heterocycles. The molecule has 1 aliphatic carbocycles. The van der Waals surface area contributed by atoms with Gasteiger partial charge in [-0.3, -0.25) is 19.1 Å². The van der Waals surface area contributed by atoms with Crippen LogP contribution in [0.15, 0.2) is 34.0 Å². The molecule has 154 valence electrons. The maximum Gasteiger partial charge on any atom is 0.330 e. The van der Waals surface area contributed by atoms with Gasteiger partial charge in [0, 0.05) is 30.8 Å². The van der Waals surface area contributed by atoms with Crippen molar-refractivity contribution in [3.63, 3.8) is 0 Å². The zero-order valence-electron chi connectivity index (χ0n) is 15.7. The number of rotatable bonds is 3. The third-order valence-electron chi connectivity index (χ3n) is 5.04. The number of nitrogens with zero attached hydrogens (tertiary/aromatic N) is 2. The SMILES string of the molecule is O=C(Nc1cc2c(cc1Cl)OCCCO2)c1cnc2c(c1)c(=O)[nH]c(=O)n2C1CC1. The number of H-pyrrole nitrogens is 1. The fourth-order valence-electron chi connectivity index (χ4n) is 3.41. The average molecular weight is 429 g/mol. The Hall–Kier alpha value is -3.33. The average Bonchev–Trinajstić information content (AvgIpc) is 3.56. The van der Waals surface area contributed by atoms with Crippen molar-refractivity contribution in [3.8, 4) is 11.5 Å². The van der Waals surface area contributed by atoms with Crippen molar-refractivity contribution in [1.82, 2.24) is 14.5 Å². The number of anilines is 1. The van der Waals surface area contributed by atoms with Gasteiger partial charge in [-0.15, -0.1) is 0 Å². The number of carbonyl (C=O) groups excluding carboxylic acids is 1. The van der Waals surface area contributed by atoms with E-state index in [4.69, 9.17) is 21.1 Å². The minimum absolute atomic E-state index is 0.0321. The number of nitrogens with one attached hydrogen (secondary N) is 2. The topological polar surface area (TPSA) is 115 Å². The highest BCUT2D eigenvalue weighted by atomic mass is 35.5. The van der Waals surface area contributed by atoms with E-state index in [1.54, 1.807) is 12.1 Å². The molecule has 1 aliphatic heterocycles. The molecule has 1 saturated carbocycles. The first-order valence-electron chi connectivity index (χ1n) is 9.56. The number of amides is 1. The van der Waals surface area contributed by atoms with Crippen molar-refractivity contribution in [3.05, 3.63) is 55.8 Å². The summed E-state index contributed by atoms with van der Waals surface area (Å²) in [6.45, 7) is 1.03. The molecule has 0 unspecified atom stereocenters. The second kappa shape index (κ2) is 7.17. The van der Waals surface area contributed by atoms with Crippen molar-refractivity contribution in [2.75, 3.05) is 18.5 Å². The molecular weight excluding hydrogens is 412 g/mol. The molecular formula is C20H17ClN4O5. The largest absolute Gasteiger partial charge is 0.490 e. The lowest BCUT2D eigenvalue weighted by molar-refractivity contribution is 0.102. The van der Waals surface area contributed by atoms with Crippen molar-refractivity contribution in [1.29, 1.82) is 0 Å². The number of fused-ring (bicyclic) bond motifs is 2. The molecule has 3 aromatic rings. The van der Waals surface area contributed by atoms with Crippen molar-refractivity contribution in [2.45, 2.75) is 25.3 Å². The summed E-state index contributed by atoms with van der Waals surface area (Å²) in [4.78, 5) is 43.7. The van der Waals surface area contributed by atoms with Gasteiger partial charge in [0.25, 0.3) is 11.5 Å². The summed E-state index contributed by atoms with van der Waals surface area (Å²) in [7, 11) is 0. The molecule has 1 aromatic carbocycles. The molecule has 5 rings (SSSR count). The van der Waals surface area contributed by atoms with Crippen molar-refractivity contribution in [2.24, 2.45) is 0 Å². The molecule has 0 bridgehead atoms. The first-order chi connectivity index (χ1) is 14.5. The quantitative estimate of drug-likeness (QED) is 0.662. The Bertz CT molecular complexity index is 1290. The summed E-state index contributed by atoms with van der Waals surface area (Å²) in [5.41, 5.74) is -0.280. The minimum Gasteiger partial charge on any atom is -0.490 e. The predicted molar refractivity (Wildman–Crippen MR) is 110 cm³/mol. The molecule has 2 N–H and O–H groups in total. The van der Waals surface area contributed by atoms with Crippen LogP contribution in [0.4, 0.5) is 5.69 Å². The van der Waals surface area contributed by atoms with Crippen molar-refractivity contribution < 1.29 is 14.3 Å². The molecule has 0 spiro atoms. The Morgan fingerprint density at radius 3 is 2.63 bits per heavy atom. The summed E-state index contributed by atoms with van der Waals surface area (Å²) < 4.78 is 12.7. The molecule has 3 heterocycles. The number of hydrogen-bond donors (Lipinski definition) is 2. The van der Waals surface area contributed by atoms with Gasteiger partial charge in [-0.2, -0.15) is 0 Å². The third kappa shape index (κ3) is 3.30. The zero-order valence-corrected chi connectivity index (χ0v) is 16.5. The lowest BCUT2D eigenvalue weighted by Gasteiger charge is -2.13. The first kappa shape index (κ1) is 18.7. The molecule has 2 aromatic heterocycles. The lowest BCUT2D eigenvalue weighted by Crippen LogP contribution is -2.30. The smallest absolute Gasteiger partial charge is 0.330 e. The van der Waals surface area contributed by atoms with Gasteiger partial charge in [-0.25, -0.2) is 9.78 Å². The Morgan fingerprint density at radius 1 is 1.17 bits per heavy atom. The summed E-state index contributed by atoms with van der Waals surface area (Å²) in [5, 5.41) is 3.19. The second-order valence-corrected chi connectivity index (χ2v) is 7.65. The molecule has 2 aliphatic rings. The number of hydrogen-bond acceptors (Lipinski definition) is 6. The van der Waals surface area contributed by atoms with Crippen molar-refractivity contribution >= 4 is 34.2 Å². The van der Waals surface area contributed by atoms with Crippen LogP contribution in [0.1, 0.15) is 35.7 Å². The maximum atomic E-state index is 12.8. The molecule has 0 atom stereocenters. The van der Waals surface area contributed by atoms with E-state index in [2.05, 4.69) is 15.3 Å². The van der Waals surface area contributed by atoms with Gasteiger partial charge in [0.05, 0.1) is 34.9 Å². The predicted octanol–water partition coefficient (Wildman–Crippen LogP) is 2.49. The lowest BCUT2D eigenvalue weighted by atomic mass is 10.2. The van der Waals surface area contributed by atoms with Gasteiger partial charge >= 0.3 is 5.69 Å². The zero-order chi connectivity index (χ0) is 20.8. The number of benzene rings is 1. The number of aromatic amines is 1. The summed E-state index contributed by atoms with van der Waals surface area (Å²) in [6, 6.07) is 4.65. The number of carbonyl (C=O) groups is 1. The van der Waals surface area contributed by atoms with Gasteiger partial charge in [0.2, 0.25) is 0 Å². The van der Waals surface area contributed by atoms with Gasteiger partial charge < -0.3 is 14.8 Å². The normalized spacial score (nSPS) is 15.6. The monoisotopic (exact) mass is 428 g/mol. The van der Waals surface area contributed by atoms with E-state index in [1.807, 2.05) is 0 Å². The van der Waals surface area contributed by atoms with E-state index < -0.39 is 17.2 Å². The van der Waals surface area contributed by atoms with E-state index in [1.165, 1.54) is 16.8 Å². The van der Waals surface area contributed by atoms with E-state index >= 15 is 0 Å². The van der Waals surface area contributed by atoms with E-state index in [-0.39, 0.29) is 22.6 Å². The second-order valence-electron chi connectivity index (χ2n) is 7.24. The fraction of sp³-hybridized carbons (Fsp3) is 0.300. The molecule has 1 fully saturated rings. The van der Waals surface area contributed by atoms with Crippen LogP contribution in [0.5, 0.6) is 11.5 Å². The van der Waals surface area contributed by atoms with Gasteiger partial charge in [-0.1, -0.05) is 11.6 Å². The van der Waals surface area contributed by atoms with Gasteiger partial charge in [-0.05, 0) is 18.9 Å². The Morgan fingerprint density at radius 2 is 1.90 bits per heavy atom. The van der Waals surface area contributed by atoms with E-state index in [0.29, 0.717) is 35.4 Å². The van der Waals surface area contributed by atoms with Gasteiger partial charge in [0.1, 0.15) is 5.65 Å². The van der Waals surface area contributed by atoms with Crippen LogP contribution in [0.3, 0.4) is 0 Å². The van der Waals surface area contributed by atoms with Crippen LogP contribution in [-0.4, -0.2) is 33.7 Å². The molecule has 30 heavy (non-hydrogen) atoms. The van der Waals surface area contributed by atoms with Crippen LogP contribution in [0.2, 0.25) is 5.02 Å². The summed E-state index contributed by atoms with van der Waals surface area (Å²) >= 11 is 6.29. The van der Waals surface area contributed by atoms with Crippen LogP contribution in [-0.2, 0) is 0 Å². The Balaban J connectivity index is 1.49. The minimum atomic E-state index is -0.581. The van der Waals surface area contributed by atoms with E-state index in [0.717, 1.165) is 19.3 Å². The fourth-order valence-corrected chi connectivity index (χ4v) is 3.61. The van der Waals surface area contributed by atoms with Crippen LogP contribution in [0, 0.1) is 0 Å². The summed E-state index contributed by atoms with van der Waals surface area (Å²) in [5.74, 6) is 0.519. The number of aromatic nitrogens is 3. The number of ether oxygens (including phenoxy) is 2. The molecule has 0 radical (unpaired) electrons. The third-order valence-corrected chi connectivity index (χ3v) is 5.35. The molecule has 1 amide bonds. The Kier molecular flexibility index (Phi) is 4.47. The first-order valence-corrected chi connectivity index (χ1v) is 9.94. The van der Waals surface area contributed by atoms with Crippen LogP contribution in [0.25, 0.3) is 11.0 Å². The maximum absolute atomic E-state index is 12.8. The van der Waals surface area contributed by atoms with Crippen LogP contribution < -0.4 is 26.0 Å². The highest BCUT2D eigenvalue weighted by Crippen LogP contribution is 2.38. The highest BCUT2D eigenvalue weighted by molar-refractivity contribution is 6.34. The molecule has 9 nitrogen and oxygen atoms in total. The summed E-state index contributed by atoms with van der Waals surface area (Å²) in [6.07, 6.45) is 3.80. The standard InChI is InChI=1S/C20H17ClN4O5/c21-13-7-15-16(30-5-1-4-29-15)8-14(13)23-18(26)10-6-12-17(22-9-10)25(11-2-3-11)20(28)24-19(12)27/h6-9,11H,1-5H2,(H,23,26)(H,24,27,28). The van der Waals surface area contributed by atoms with Gasteiger partial charge in [0.15, 0.2) is 11.5 Å². The number of pyridine rings is 1.